The molecule has 1 aromatic carbocycles. The van der Waals surface area contributed by atoms with Crippen molar-refractivity contribution in [2.24, 2.45) is 0 Å². The third kappa shape index (κ3) is 2.94. The number of alkyl halides is 5. The van der Waals surface area contributed by atoms with Crippen molar-refractivity contribution in [2.45, 2.75) is 12.1 Å². The molecule has 4 rings (SSSR count). The van der Waals surface area contributed by atoms with Gasteiger partial charge in [-0.2, -0.15) is 31.6 Å². The number of anilines is 1. The summed E-state index contributed by atoms with van der Waals surface area (Å²) in [6.07, 6.45) is -5.08. The van der Waals surface area contributed by atoms with Gasteiger partial charge in [0.15, 0.2) is 17.3 Å². The quantitative estimate of drug-likeness (QED) is 0.595. The van der Waals surface area contributed by atoms with Crippen LogP contribution in [0.15, 0.2) is 12.4 Å². The number of rotatable bonds is 2. The molecule has 0 aliphatic carbocycles. The Morgan fingerprint density at radius 2 is 1.62 bits per heavy atom. The van der Waals surface area contributed by atoms with Crippen molar-refractivity contribution in [1.82, 2.24) is 24.5 Å². The first-order valence-corrected chi connectivity index (χ1v) is 8.42. The maximum Gasteiger partial charge on any atom is 0.458 e. The Hall–Kier alpha value is -2.70. The summed E-state index contributed by atoms with van der Waals surface area (Å²) in [7, 11) is 1.90. The third-order valence-corrected chi connectivity index (χ3v) is 4.85. The van der Waals surface area contributed by atoms with E-state index in [1.165, 1.54) is 0 Å². The van der Waals surface area contributed by atoms with Gasteiger partial charge in [-0.15, -0.1) is 0 Å². The molecule has 13 heteroatoms. The Bertz CT molecular complexity index is 1080. The average Bonchev–Trinajstić information content (AvgIpc) is 3.13. The largest absolute Gasteiger partial charge is 0.458 e. The van der Waals surface area contributed by atoms with Gasteiger partial charge in [-0.05, 0) is 13.1 Å². The normalized spacial score (nSPS) is 16.9. The standard InChI is InChI=1S/C16H13F7N6/c1-27-2-4-28(5-3-27)14-26-12-8(13-24-7-25-29(13)14)6-9(10(17)11(12)18)15(19,20)16(21,22)23/h6-7H,2-5H2,1H3. The fraction of sp³-hybridized carbons (Fsp3) is 0.438. The Morgan fingerprint density at radius 1 is 0.966 bits per heavy atom. The molecule has 1 aliphatic rings. The van der Waals surface area contributed by atoms with E-state index in [1.54, 1.807) is 4.90 Å². The molecular weight excluding hydrogens is 409 g/mol. The van der Waals surface area contributed by atoms with Gasteiger partial charge in [0.1, 0.15) is 11.8 Å². The van der Waals surface area contributed by atoms with Crippen molar-refractivity contribution in [3.05, 3.63) is 29.6 Å². The summed E-state index contributed by atoms with van der Waals surface area (Å²) in [6, 6.07) is 0.228. The number of aromatic nitrogens is 4. The highest BCUT2D eigenvalue weighted by Crippen LogP contribution is 2.46. The van der Waals surface area contributed by atoms with Crippen LogP contribution in [0, 0.1) is 11.6 Å². The van der Waals surface area contributed by atoms with E-state index in [2.05, 4.69) is 15.1 Å². The summed E-state index contributed by atoms with van der Waals surface area (Å²) >= 11 is 0. The molecule has 29 heavy (non-hydrogen) atoms. The maximum absolute atomic E-state index is 14.6. The van der Waals surface area contributed by atoms with Gasteiger partial charge in [0.2, 0.25) is 5.95 Å². The van der Waals surface area contributed by atoms with E-state index in [0.29, 0.717) is 26.2 Å². The lowest BCUT2D eigenvalue weighted by Gasteiger charge is -2.33. The van der Waals surface area contributed by atoms with E-state index in [-0.39, 0.29) is 17.7 Å². The van der Waals surface area contributed by atoms with E-state index in [0.717, 1.165) is 10.8 Å². The lowest BCUT2D eigenvalue weighted by atomic mass is 10.0. The van der Waals surface area contributed by atoms with Crippen molar-refractivity contribution in [2.75, 3.05) is 38.1 Å². The van der Waals surface area contributed by atoms with Gasteiger partial charge < -0.3 is 9.80 Å². The SMILES string of the molecule is CN1CCN(c2nc3c(F)c(F)c(C(F)(F)C(F)(F)F)cc3c3ncnn23)CC1. The Labute approximate surface area is 158 Å². The van der Waals surface area contributed by atoms with Gasteiger partial charge in [0.05, 0.1) is 5.56 Å². The molecule has 0 unspecified atom stereocenters. The highest BCUT2D eigenvalue weighted by atomic mass is 19.4. The smallest absolute Gasteiger partial charge is 0.338 e. The van der Waals surface area contributed by atoms with Gasteiger partial charge in [0, 0.05) is 31.6 Å². The number of likely N-dealkylation sites (N-methyl/N-ethyl adjacent to an activating group) is 1. The predicted molar refractivity (Wildman–Crippen MR) is 87.9 cm³/mol. The van der Waals surface area contributed by atoms with Crippen LogP contribution < -0.4 is 4.90 Å². The summed E-state index contributed by atoms with van der Waals surface area (Å²) in [6.45, 7) is 2.23. The lowest BCUT2D eigenvalue weighted by Crippen LogP contribution is -2.45. The first kappa shape index (κ1) is 19.6. The Balaban J connectivity index is 1.98. The second-order valence-corrected chi connectivity index (χ2v) is 6.72. The zero-order valence-corrected chi connectivity index (χ0v) is 14.8. The molecule has 3 aromatic rings. The van der Waals surface area contributed by atoms with Crippen LogP contribution in [0.2, 0.25) is 0 Å². The molecule has 2 aromatic heterocycles. The van der Waals surface area contributed by atoms with E-state index >= 15 is 0 Å². The molecule has 1 aliphatic heterocycles. The summed E-state index contributed by atoms with van der Waals surface area (Å²) in [4.78, 5) is 11.6. The molecule has 0 saturated carbocycles. The van der Waals surface area contributed by atoms with E-state index in [9.17, 15) is 30.7 Å². The van der Waals surface area contributed by atoms with Gasteiger partial charge >= 0.3 is 12.1 Å². The van der Waals surface area contributed by atoms with Crippen LogP contribution in [0.1, 0.15) is 5.56 Å². The van der Waals surface area contributed by atoms with E-state index in [1.807, 2.05) is 11.9 Å². The van der Waals surface area contributed by atoms with Crippen LogP contribution in [0.25, 0.3) is 16.6 Å². The second kappa shape index (κ2) is 6.40. The van der Waals surface area contributed by atoms with Gasteiger partial charge in [0.25, 0.3) is 0 Å². The highest BCUT2D eigenvalue weighted by molar-refractivity contribution is 5.93. The highest BCUT2D eigenvalue weighted by Gasteiger charge is 2.60. The van der Waals surface area contributed by atoms with Crippen LogP contribution >= 0.6 is 0 Å². The van der Waals surface area contributed by atoms with Crippen molar-refractivity contribution in [3.8, 4) is 0 Å². The molecule has 0 spiro atoms. The minimum Gasteiger partial charge on any atom is -0.338 e. The minimum atomic E-state index is -6.11. The summed E-state index contributed by atoms with van der Waals surface area (Å²) < 4.78 is 95.6. The fourth-order valence-electron chi connectivity index (χ4n) is 3.21. The van der Waals surface area contributed by atoms with Crippen LogP contribution in [-0.4, -0.2) is 63.9 Å². The summed E-state index contributed by atoms with van der Waals surface area (Å²) in [5.74, 6) is -9.71. The molecule has 1 fully saturated rings. The van der Waals surface area contributed by atoms with Crippen molar-refractivity contribution < 1.29 is 30.7 Å². The van der Waals surface area contributed by atoms with E-state index in [4.69, 9.17) is 0 Å². The second-order valence-electron chi connectivity index (χ2n) is 6.72. The van der Waals surface area contributed by atoms with Crippen molar-refractivity contribution in [1.29, 1.82) is 0 Å². The molecule has 0 bridgehead atoms. The third-order valence-electron chi connectivity index (χ3n) is 4.85. The summed E-state index contributed by atoms with van der Waals surface area (Å²) in [5.41, 5.74) is -3.03. The van der Waals surface area contributed by atoms with Crippen LogP contribution in [0.5, 0.6) is 0 Å². The average molecular weight is 422 g/mol. The van der Waals surface area contributed by atoms with Crippen molar-refractivity contribution in [3.63, 3.8) is 0 Å². The first-order valence-electron chi connectivity index (χ1n) is 8.42. The van der Waals surface area contributed by atoms with E-state index < -0.39 is 40.2 Å². The number of fused-ring (bicyclic) bond motifs is 3. The van der Waals surface area contributed by atoms with Gasteiger partial charge in [-0.1, -0.05) is 0 Å². The molecule has 1 saturated heterocycles. The lowest BCUT2D eigenvalue weighted by molar-refractivity contribution is -0.290. The molecule has 156 valence electrons. The predicted octanol–water partition coefficient (Wildman–Crippen LogP) is 2.96. The number of halogens is 7. The topological polar surface area (TPSA) is 49.6 Å². The molecule has 0 N–H and O–H groups in total. The molecule has 0 amide bonds. The molecule has 0 radical (unpaired) electrons. The number of hydrogen-bond donors (Lipinski definition) is 0. The number of piperazine rings is 1. The Morgan fingerprint density at radius 3 is 2.24 bits per heavy atom. The number of benzene rings is 1. The van der Waals surface area contributed by atoms with Crippen LogP contribution in [0.3, 0.4) is 0 Å². The minimum absolute atomic E-state index is 0.0896. The zero-order valence-electron chi connectivity index (χ0n) is 14.8. The molecule has 6 nitrogen and oxygen atoms in total. The fourth-order valence-corrected chi connectivity index (χ4v) is 3.21. The Kier molecular flexibility index (Phi) is 4.33. The number of nitrogens with zero attached hydrogens (tertiary/aromatic N) is 6. The number of hydrogen-bond acceptors (Lipinski definition) is 5. The molecule has 3 heterocycles. The maximum atomic E-state index is 14.6. The summed E-state index contributed by atoms with van der Waals surface area (Å²) in [5, 5.41) is 3.42. The first-order chi connectivity index (χ1) is 13.5. The zero-order chi connectivity index (χ0) is 21.1. The van der Waals surface area contributed by atoms with Gasteiger partial charge in [-0.25, -0.2) is 18.7 Å². The van der Waals surface area contributed by atoms with Crippen LogP contribution in [-0.2, 0) is 5.92 Å². The van der Waals surface area contributed by atoms with Gasteiger partial charge in [-0.3, -0.25) is 0 Å². The molecular formula is C16H13F7N6. The molecule has 0 atom stereocenters. The van der Waals surface area contributed by atoms with Crippen molar-refractivity contribution >= 4 is 22.5 Å². The van der Waals surface area contributed by atoms with Crippen LogP contribution in [0.4, 0.5) is 36.7 Å². The monoisotopic (exact) mass is 422 g/mol.